The molecule has 3 fully saturated rings. The van der Waals surface area contributed by atoms with Crippen molar-refractivity contribution in [1.82, 2.24) is 0 Å². The van der Waals surface area contributed by atoms with Crippen molar-refractivity contribution in [1.29, 1.82) is 0 Å². The minimum Gasteiger partial charge on any atom is -0.466 e. The van der Waals surface area contributed by atoms with Crippen LogP contribution in [0.15, 0.2) is 0 Å². The number of ketones is 2. The van der Waals surface area contributed by atoms with Crippen LogP contribution in [0.5, 0.6) is 0 Å². The van der Waals surface area contributed by atoms with E-state index in [1.165, 1.54) is 19.3 Å². The lowest BCUT2D eigenvalue weighted by Gasteiger charge is -2.08. The van der Waals surface area contributed by atoms with Crippen molar-refractivity contribution in [2.45, 2.75) is 89.9 Å². The van der Waals surface area contributed by atoms with Gasteiger partial charge in [-0.2, -0.15) is 0 Å². The minimum absolute atomic E-state index is 0.0359. The second-order valence-electron chi connectivity index (χ2n) is 6.23. The van der Waals surface area contributed by atoms with Crippen molar-refractivity contribution in [2.24, 2.45) is 0 Å². The lowest BCUT2D eigenvalue weighted by atomic mass is 10.00. The number of hydrogen-bond donors (Lipinski definition) is 0. The molecule has 2 saturated carbocycles. The average molecular weight is 310 g/mol. The Kier molecular flexibility index (Phi) is 10.6. The first-order valence-electron chi connectivity index (χ1n) is 8.87. The number of Topliss-reactive ketones (excluding diaryl/α,β-unsaturated/α-hetero) is 2. The molecule has 0 spiro atoms. The molecule has 2 aliphatic carbocycles. The Labute approximate surface area is 134 Å². The second-order valence-corrected chi connectivity index (χ2v) is 6.23. The summed E-state index contributed by atoms with van der Waals surface area (Å²) in [4.78, 5) is 31.4. The molecule has 4 nitrogen and oxygen atoms in total. The van der Waals surface area contributed by atoms with Crippen LogP contribution in [0.2, 0.25) is 0 Å². The van der Waals surface area contributed by atoms with Gasteiger partial charge in [0.2, 0.25) is 0 Å². The third-order valence-electron chi connectivity index (χ3n) is 4.11. The van der Waals surface area contributed by atoms with Crippen LogP contribution in [0.1, 0.15) is 89.9 Å². The quantitative estimate of drug-likeness (QED) is 0.498. The van der Waals surface area contributed by atoms with Crippen molar-refractivity contribution in [2.75, 3.05) is 6.61 Å². The molecule has 3 rings (SSSR count). The van der Waals surface area contributed by atoms with E-state index in [0.29, 0.717) is 24.6 Å². The van der Waals surface area contributed by atoms with E-state index in [9.17, 15) is 14.4 Å². The fourth-order valence-electron chi connectivity index (χ4n) is 2.70. The average Bonchev–Trinajstić information content (AvgIpc) is 2.78. The van der Waals surface area contributed by atoms with Gasteiger partial charge in [-0.25, -0.2) is 0 Å². The van der Waals surface area contributed by atoms with E-state index in [1.54, 1.807) is 0 Å². The molecule has 0 unspecified atom stereocenters. The zero-order valence-corrected chi connectivity index (χ0v) is 13.7. The van der Waals surface area contributed by atoms with E-state index < -0.39 is 0 Å². The molecule has 0 bridgehead atoms. The fraction of sp³-hybridized carbons (Fsp3) is 0.833. The first-order chi connectivity index (χ1) is 10.7. The van der Waals surface area contributed by atoms with Crippen LogP contribution in [-0.2, 0) is 19.1 Å². The summed E-state index contributed by atoms with van der Waals surface area (Å²) >= 11 is 0. The molecule has 0 aromatic carbocycles. The first kappa shape index (κ1) is 18.9. The van der Waals surface area contributed by atoms with Gasteiger partial charge in [-0.3, -0.25) is 14.4 Å². The summed E-state index contributed by atoms with van der Waals surface area (Å²) in [5.41, 5.74) is 0. The number of carbonyl (C=O) groups excluding carboxylic acids is 3. The molecule has 0 radical (unpaired) electrons. The topological polar surface area (TPSA) is 60.4 Å². The molecule has 0 aromatic rings. The Hall–Kier alpha value is -1.19. The number of esters is 1. The van der Waals surface area contributed by atoms with Gasteiger partial charge in [0.15, 0.2) is 0 Å². The number of carbonyl (C=O) groups is 3. The molecular weight excluding hydrogens is 280 g/mol. The lowest BCUT2D eigenvalue weighted by molar-refractivity contribution is -0.146. The zero-order valence-electron chi connectivity index (χ0n) is 13.7. The monoisotopic (exact) mass is 310 g/mol. The maximum absolute atomic E-state index is 10.7. The number of rotatable bonds is 0. The molecule has 1 saturated heterocycles. The second kappa shape index (κ2) is 12.4. The van der Waals surface area contributed by atoms with Gasteiger partial charge in [0.05, 0.1) is 6.61 Å². The van der Waals surface area contributed by atoms with E-state index >= 15 is 0 Å². The Morgan fingerprint density at radius 3 is 1.23 bits per heavy atom. The summed E-state index contributed by atoms with van der Waals surface area (Å²) in [6.45, 7) is 0.638. The Bertz CT molecular complexity index is 301. The maximum atomic E-state index is 10.7. The zero-order chi connectivity index (χ0) is 16.0. The Morgan fingerprint density at radius 2 is 0.909 bits per heavy atom. The highest BCUT2D eigenvalue weighted by Crippen LogP contribution is 2.13. The fourth-order valence-corrected chi connectivity index (χ4v) is 2.70. The highest BCUT2D eigenvalue weighted by atomic mass is 16.5. The molecule has 0 atom stereocenters. The van der Waals surface area contributed by atoms with Gasteiger partial charge in [0, 0.05) is 32.1 Å². The standard InChI is InChI=1S/C7H12O.C6H10O.C5H8O2/c8-7-5-3-1-2-4-6-7;7-6-4-2-1-3-5-6;6-5-3-1-2-4-7-5/h1-6H2;1-5H2;1-4H2. The van der Waals surface area contributed by atoms with E-state index in [2.05, 4.69) is 4.74 Å². The van der Waals surface area contributed by atoms with Gasteiger partial charge in [-0.05, 0) is 38.5 Å². The molecular formula is C18H30O4. The van der Waals surface area contributed by atoms with Crippen LogP contribution in [0, 0.1) is 0 Å². The summed E-state index contributed by atoms with van der Waals surface area (Å²) in [6, 6.07) is 0. The molecule has 0 N–H and O–H groups in total. The third-order valence-corrected chi connectivity index (χ3v) is 4.11. The van der Waals surface area contributed by atoms with Crippen molar-refractivity contribution < 1.29 is 19.1 Å². The molecule has 3 aliphatic rings. The predicted molar refractivity (Wildman–Crippen MR) is 85.6 cm³/mol. The number of cyclic esters (lactones) is 1. The van der Waals surface area contributed by atoms with Crippen molar-refractivity contribution >= 4 is 17.5 Å². The Morgan fingerprint density at radius 1 is 0.500 bits per heavy atom. The van der Waals surface area contributed by atoms with Crippen molar-refractivity contribution in [3.05, 3.63) is 0 Å². The minimum atomic E-state index is -0.0359. The van der Waals surface area contributed by atoms with Gasteiger partial charge < -0.3 is 4.74 Å². The Balaban J connectivity index is 0.000000166. The van der Waals surface area contributed by atoms with Gasteiger partial charge in [-0.15, -0.1) is 0 Å². The molecule has 0 amide bonds. The third kappa shape index (κ3) is 10.5. The van der Waals surface area contributed by atoms with Gasteiger partial charge in [0.25, 0.3) is 0 Å². The smallest absolute Gasteiger partial charge is 0.305 e. The molecule has 126 valence electrons. The van der Waals surface area contributed by atoms with Gasteiger partial charge in [0.1, 0.15) is 11.6 Å². The van der Waals surface area contributed by atoms with Crippen LogP contribution in [0.3, 0.4) is 0 Å². The van der Waals surface area contributed by atoms with Gasteiger partial charge in [-0.1, -0.05) is 19.3 Å². The van der Waals surface area contributed by atoms with Crippen molar-refractivity contribution in [3.63, 3.8) is 0 Å². The highest BCUT2D eigenvalue weighted by Gasteiger charge is 2.07. The van der Waals surface area contributed by atoms with E-state index in [4.69, 9.17) is 0 Å². The molecule has 1 aliphatic heterocycles. The lowest BCUT2D eigenvalue weighted by Crippen LogP contribution is -2.10. The highest BCUT2D eigenvalue weighted by molar-refractivity contribution is 5.79. The number of hydrogen-bond acceptors (Lipinski definition) is 4. The van der Waals surface area contributed by atoms with Crippen LogP contribution >= 0.6 is 0 Å². The normalized spacial score (nSPS) is 22.3. The van der Waals surface area contributed by atoms with E-state index in [1.807, 2.05) is 0 Å². The summed E-state index contributed by atoms with van der Waals surface area (Å²) in [6.07, 6.45) is 14.4. The number of ether oxygens (including phenoxy) is 1. The summed E-state index contributed by atoms with van der Waals surface area (Å²) in [5, 5.41) is 0. The van der Waals surface area contributed by atoms with Crippen LogP contribution in [0.25, 0.3) is 0 Å². The van der Waals surface area contributed by atoms with Crippen LogP contribution in [0.4, 0.5) is 0 Å². The SMILES string of the molecule is O=C1CCCCC1.O=C1CCCCCC1.O=C1CCCCO1. The molecule has 22 heavy (non-hydrogen) atoms. The van der Waals surface area contributed by atoms with Crippen molar-refractivity contribution in [3.8, 4) is 0 Å². The predicted octanol–water partition coefficient (Wildman–Crippen LogP) is 4.14. The van der Waals surface area contributed by atoms with Crippen LogP contribution < -0.4 is 0 Å². The van der Waals surface area contributed by atoms with E-state index in [-0.39, 0.29) is 5.97 Å². The van der Waals surface area contributed by atoms with Gasteiger partial charge >= 0.3 is 5.97 Å². The summed E-state index contributed by atoms with van der Waals surface area (Å²) in [5.74, 6) is 0.903. The summed E-state index contributed by atoms with van der Waals surface area (Å²) < 4.78 is 4.64. The molecule has 4 heteroatoms. The van der Waals surface area contributed by atoms with Crippen LogP contribution in [-0.4, -0.2) is 24.1 Å². The summed E-state index contributed by atoms with van der Waals surface area (Å²) in [7, 11) is 0. The largest absolute Gasteiger partial charge is 0.466 e. The van der Waals surface area contributed by atoms with E-state index in [0.717, 1.165) is 64.2 Å². The molecule has 0 aromatic heterocycles. The first-order valence-corrected chi connectivity index (χ1v) is 8.87. The molecule has 1 heterocycles. The maximum Gasteiger partial charge on any atom is 0.305 e.